The molecule has 4 rings (SSSR count). The van der Waals surface area contributed by atoms with Crippen molar-refractivity contribution in [2.45, 2.75) is 32.3 Å². The van der Waals surface area contributed by atoms with Gasteiger partial charge in [-0.1, -0.05) is 41.7 Å². The third-order valence-corrected chi connectivity index (χ3v) is 5.97. The van der Waals surface area contributed by atoms with Crippen LogP contribution < -0.4 is 14.5 Å². The number of thiazole rings is 1. The SMILES string of the molecule is CC(C)Oc1ccc([C@H]2CC(=O)N(c3ccccc3)c3c2sc(=O)n3C)cc1. The normalized spacial score (nSPS) is 16.4. The molecule has 1 aliphatic rings. The maximum Gasteiger partial charge on any atom is 0.308 e. The van der Waals surface area contributed by atoms with Gasteiger partial charge < -0.3 is 4.74 Å². The van der Waals surface area contributed by atoms with Crippen LogP contribution in [0, 0.1) is 0 Å². The average Bonchev–Trinajstić information content (AvgIpc) is 2.97. The molecule has 0 fully saturated rings. The Morgan fingerprint density at radius 1 is 1.04 bits per heavy atom. The van der Waals surface area contributed by atoms with Crippen LogP contribution in [0.25, 0.3) is 0 Å². The number of hydrogen-bond donors (Lipinski definition) is 0. The Balaban J connectivity index is 1.78. The number of ether oxygens (including phenoxy) is 1. The molecule has 5 nitrogen and oxygen atoms in total. The average molecular weight is 394 g/mol. The molecule has 3 aromatic rings. The highest BCUT2D eigenvalue weighted by Gasteiger charge is 2.37. The molecule has 0 aliphatic carbocycles. The summed E-state index contributed by atoms with van der Waals surface area (Å²) in [5.74, 6) is 1.33. The Kier molecular flexibility index (Phi) is 4.81. The molecule has 0 N–H and O–H groups in total. The van der Waals surface area contributed by atoms with Gasteiger partial charge in [-0.05, 0) is 43.7 Å². The number of anilines is 2. The number of fused-ring (bicyclic) bond motifs is 1. The summed E-state index contributed by atoms with van der Waals surface area (Å²) in [5, 5.41) is 0. The van der Waals surface area contributed by atoms with E-state index in [-0.39, 0.29) is 22.8 Å². The van der Waals surface area contributed by atoms with Crippen molar-refractivity contribution >= 4 is 28.7 Å². The van der Waals surface area contributed by atoms with E-state index in [0.717, 1.165) is 21.9 Å². The van der Waals surface area contributed by atoms with Gasteiger partial charge in [-0.15, -0.1) is 0 Å². The Labute approximate surface area is 167 Å². The van der Waals surface area contributed by atoms with Crippen molar-refractivity contribution in [3.05, 3.63) is 74.7 Å². The van der Waals surface area contributed by atoms with Crippen molar-refractivity contribution in [1.82, 2.24) is 4.57 Å². The zero-order valence-corrected chi connectivity index (χ0v) is 16.9. The fourth-order valence-electron chi connectivity index (χ4n) is 3.59. The van der Waals surface area contributed by atoms with Gasteiger partial charge in [-0.2, -0.15) is 0 Å². The van der Waals surface area contributed by atoms with Crippen molar-refractivity contribution < 1.29 is 9.53 Å². The lowest BCUT2D eigenvalue weighted by Gasteiger charge is -2.32. The number of aromatic nitrogens is 1. The first kappa shape index (κ1) is 18.5. The van der Waals surface area contributed by atoms with Crippen LogP contribution >= 0.6 is 11.3 Å². The first-order valence-corrected chi connectivity index (χ1v) is 10.1. The molecule has 0 radical (unpaired) electrons. The van der Waals surface area contributed by atoms with Crippen LogP contribution in [-0.2, 0) is 11.8 Å². The number of carbonyl (C=O) groups is 1. The standard InChI is InChI=1S/C22H22N2O3S/c1-14(2)27-17-11-9-15(10-12-17)18-13-19(25)24(16-7-5-4-6-8-16)21-20(18)28-22(26)23(21)3/h4-12,14,18H,13H2,1-3H3/t18-/m1/s1. The molecule has 1 atom stereocenters. The molecule has 0 unspecified atom stereocenters. The number of carbonyl (C=O) groups excluding carboxylic acids is 1. The van der Waals surface area contributed by atoms with E-state index in [1.165, 1.54) is 11.3 Å². The van der Waals surface area contributed by atoms with Crippen molar-refractivity contribution in [1.29, 1.82) is 0 Å². The summed E-state index contributed by atoms with van der Waals surface area (Å²) in [4.78, 5) is 28.1. The highest BCUT2D eigenvalue weighted by Crippen LogP contribution is 2.44. The molecule has 0 bridgehead atoms. The van der Waals surface area contributed by atoms with Gasteiger partial charge in [-0.3, -0.25) is 19.1 Å². The van der Waals surface area contributed by atoms with E-state index in [4.69, 9.17) is 4.74 Å². The van der Waals surface area contributed by atoms with Crippen molar-refractivity contribution in [2.24, 2.45) is 7.05 Å². The van der Waals surface area contributed by atoms with E-state index >= 15 is 0 Å². The molecule has 2 aromatic carbocycles. The largest absolute Gasteiger partial charge is 0.491 e. The maximum absolute atomic E-state index is 13.1. The van der Waals surface area contributed by atoms with Gasteiger partial charge in [0.1, 0.15) is 11.6 Å². The van der Waals surface area contributed by atoms with Crippen molar-refractivity contribution in [3.8, 4) is 5.75 Å². The molecule has 0 saturated heterocycles. The third kappa shape index (κ3) is 3.24. The predicted octanol–water partition coefficient (Wildman–Crippen LogP) is 4.43. The molecular weight excluding hydrogens is 372 g/mol. The summed E-state index contributed by atoms with van der Waals surface area (Å²) >= 11 is 1.22. The first-order chi connectivity index (χ1) is 13.5. The quantitative estimate of drug-likeness (QED) is 0.658. The lowest BCUT2D eigenvalue weighted by atomic mass is 9.90. The summed E-state index contributed by atoms with van der Waals surface area (Å²) in [6.45, 7) is 3.97. The Hall–Kier alpha value is -2.86. The van der Waals surface area contributed by atoms with Crippen LogP contribution in [0.4, 0.5) is 11.5 Å². The molecule has 6 heteroatoms. The maximum atomic E-state index is 13.1. The predicted molar refractivity (Wildman–Crippen MR) is 112 cm³/mol. The minimum absolute atomic E-state index is 0.0143. The molecular formula is C22H22N2O3S. The molecule has 144 valence electrons. The van der Waals surface area contributed by atoms with E-state index < -0.39 is 0 Å². The van der Waals surface area contributed by atoms with Crippen LogP contribution in [0.15, 0.2) is 59.4 Å². The number of benzene rings is 2. The van der Waals surface area contributed by atoms with E-state index in [1.54, 1.807) is 16.5 Å². The highest BCUT2D eigenvalue weighted by atomic mass is 32.1. The number of amides is 1. The fourth-order valence-corrected chi connectivity index (χ4v) is 4.68. The Morgan fingerprint density at radius 2 is 1.71 bits per heavy atom. The molecule has 0 spiro atoms. The second-order valence-corrected chi connectivity index (χ2v) is 8.17. The zero-order valence-electron chi connectivity index (χ0n) is 16.1. The Bertz CT molecular complexity index is 1050. The van der Waals surface area contributed by atoms with Crippen LogP contribution in [0.5, 0.6) is 5.75 Å². The first-order valence-electron chi connectivity index (χ1n) is 9.30. The van der Waals surface area contributed by atoms with Gasteiger partial charge in [-0.25, -0.2) is 0 Å². The van der Waals surface area contributed by atoms with Crippen LogP contribution in [0.3, 0.4) is 0 Å². The molecule has 1 amide bonds. The van der Waals surface area contributed by atoms with Crippen LogP contribution in [0.1, 0.15) is 36.6 Å². The minimum atomic E-state index is -0.130. The molecule has 0 saturated carbocycles. The van der Waals surface area contributed by atoms with E-state index in [0.29, 0.717) is 12.2 Å². The van der Waals surface area contributed by atoms with Crippen LogP contribution in [0.2, 0.25) is 0 Å². The zero-order chi connectivity index (χ0) is 19.8. The number of rotatable bonds is 4. The Morgan fingerprint density at radius 3 is 2.36 bits per heavy atom. The second kappa shape index (κ2) is 7.28. The van der Waals surface area contributed by atoms with Gasteiger partial charge in [0.25, 0.3) is 0 Å². The van der Waals surface area contributed by atoms with E-state index in [2.05, 4.69) is 0 Å². The fraction of sp³-hybridized carbons (Fsp3) is 0.273. The van der Waals surface area contributed by atoms with E-state index in [1.807, 2.05) is 68.4 Å². The summed E-state index contributed by atoms with van der Waals surface area (Å²) in [5.41, 5.74) is 1.79. The second-order valence-electron chi connectivity index (χ2n) is 7.17. The summed E-state index contributed by atoms with van der Waals surface area (Å²) < 4.78 is 7.30. The minimum Gasteiger partial charge on any atom is -0.491 e. The molecule has 2 heterocycles. The molecule has 28 heavy (non-hydrogen) atoms. The summed E-state index contributed by atoms with van der Waals surface area (Å²) in [7, 11) is 1.73. The molecule has 1 aromatic heterocycles. The van der Waals surface area contributed by atoms with Gasteiger partial charge in [0, 0.05) is 19.4 Å². The van der Waals surface area contributed by atoms with Crippen molar-refractivity contribution in [3.63, 3.8) is 0 Å². The van der Waals surface area contributed by atoms with Crippen molar-refractivity contribution in [2.75, 3.05) is 4.90 Å². The highest BCUT2D eigenvalue weighted by molar-refractivity contribution is 7.10. The summed E-state index contributed by atoms with van der Waals surface area (Å²) in [6.07, 6.45) is 0.430. The van der Waals surface area contributed by atoms with Gasteiger partial charge >= 0.3 is 4.87 Å². The monoisotopic (exact) mass is 394 g/mol. The van der Waals surface area contributed by atoms with Gasteiger partial charge in [0.2, 0.25) is 5.91 Å². The topological polar surface area (TPSA) is 51.5 Å². The lowest BCUT2D eigenvalue weighted by Crippen LogP contribution is -2.34. The number of para-hydroxylation sites is 1. The van der Waals surface area contributed by atoms with Gasteiger partial charge in [0.15, 0.2) is 0 Å². The smallest absolute Gasteiger partial charge is 0.308 e. The lowest BCUT2D eigenvalue weighted by molar-refractivity contribution is -0.118. The van der Waals surface area contributed by atoms with Crippen LogP contribution in [-0.4, -0.2) is 16.6 Å². The van der Waals surface area contributed by atoms with Gasteiger partial charge in [0.05, 0.1) is 16.7 Å². The summed E-state index contributed by atoms with van der Waals surface area (Å²) in [6, 6.07) is 17.3. The third-order valence-electron chi connectivity index (χ3n) is 4.83. The number of hydrogen-bond acceptors (Lipinski definition) is 4. The van der Waals surface area contributed by atoms with E-state index in [9.17, 15) is 9.59 Å². The molecule has 1 aliphatic heterocycles. The number of nitrogens with zero attached hydrogens (tertiary/aromatic N) is 2.